The molecular weight excluding hydrogens is 302 g/mol. The van der Waals surface area contributed by atoms with Crippen LogP contribution in [0.15, 0.2) is 22.8 Å². The zero-order valence-electron chi connectivity index (χ0n) is 10.4. The van der Waals surface area contributed by atoms with Crippen LogP contribution in [0.4, 0.5) is 0 Å². The monoisotopic (exact) mass is 319 g/mol. The van der Waals surface area contributed by atoms with Crippen molar-refractivity contribution in [2.24, 2.45) is 0 Å². The van der Waals surface area contributed by atoms with E-state index in [9.17, 15) is 0 Å². The van der Waals surface area contributed by atoms with Gasteiger partial charge in [0.25, 0.3) is 0 Å². The third-order valence-electron chi connectivity index (χ3n) is 1.97. The molecule has 0 atom stereocenters. The molecule has 0 aliphatic carbocycles. The van der Waals surface area contributed by atoms with Gasteiger partial charge in [-0.1, -0.05) is 6.07 Å². The summed E-state index contributed by atoms with van der Waals surface area (Å²) in [5, 5.41) is 0. The van der Waals surface area contributed by atoms with Crippen molar-refractivity contribution in [2.75, 3.05) is 46.8 Å². The van der Waals surface area contributed by atoms with Crippen LogP contribution in [0.5, 0.6) is 5.88 Å². The second kappa shape index (κ2) is 10.3. The highest BCUT2D eigenvalue weighted by Crippen LogP contribution is 2.11. The third-order valence-corrected chi connectivity index (χ3v) is 2.41. The molecule has 0 fully saturated rings. The Bertz CT molecular complexity index is 325. The Labute approximate surface area is 116 Å². The van der Waals surface area contributed by atoms with Crippen molar-refractivity contribution >= 4 is 15.9 Å². The smallest absolute Gasteiger partial charge is 0.214 e. The van der Waals surface area contributed by atoms with E-state index in [1.165, 1.54) is 0 Å². The molecule has 0 saturated heterocycles. The molecule has 0 unspecified atom stereocenters. The quantitative estimate of drug-likeness (QED) is 0.487. The van der Waals surface area contributed by atoms with Crippen LogP contribution in [0.3, 0.4) is 0 Å². The second-order valence-corrected chi connectivity index (χ2v) is 4.18. The Hall–Kier alpha value is -0.690. The molecule has 0 bridgehead atoms. The van der Waals surface area contributed by atoms with E-state index in [4.69, 9.17) is 18.9 Å². The van der Waals surface area contributed by atoms with E-state index in [0.29, 0.717) is 45.5 Å². The number of ether oxygens (including phenoxy) is 4. The van der Waals surface area contributed by atoms with Crippen LogP contribution in [0.1, 0.15) is 0 Å². The lowest BCUT2D eigenvalue weighted by Crippen LogP contribution is -2.12. The summed E-state index contributed by atoms with van der Waals surface area (Å²) in [7, 11) is 1.65. The Morgan fingerprint density at radius 2 is 1.67 bits per heavy atom. The molecule has 1 aromatic rings. The van der Waals surface area contributed by atoms with Gasteiger partial charge in [0.05, 0.1) is 33.0 Å². The molecule has 1 rings (SSSR count). The minimum Gasteiger partial charge on any atom is -0.475 e. The van der Waals surface area contributed by atoms with Crippen LogP contribution in [0.25, 0.3) is 0 Å². The van der Waals surface area contributed by atoms with Gasteiger partial charge >= 0.3 is 0 Å². The Balaban J connectivity index is 1.92. The molecule has 1 aromatic heterocycles. The molecule has 0 spiro atoms. The predicted octanol–water partition coefficient (Wildman–Crippen LogP) is 1.90. The van der Waals surface area contributed by atoms with E-state index in [1.54, 1.807) is 13.2 Å². The largest absolute Gasteiger partial charge is 0.475 e. The number of aromatic nitrogens is 1. The summed E-state index contributed by atoms with van der Waals surface area (Å²) in [5.74, 6) is 0.587. The van der Waals surface area contributed by atoms with Crippen LogP contribution in [0, 0.1) is 0 Å². The van der Waals surface area contributed by atoms with Gasteiger partial charge in [-0.3, -0.25) is 0 Å². The van der Waals surface area contributed by atoms with Crippen LogP contribution in [0.2, 0.25) is 0 Å². The van der Waals surface area contributed by atoms with Gasteiger partial charge in [-0.25, -0.2) is 4.98 Å². The fourth-order valence-electron chi connectivity index (χ4n) is 1.14. The second-order valence-electron chi connectivity index (χ2n) is 3.36. The maximum absolute atomic E-state index is 5.41. The summed E-state index contributed by atoms with van der Waals surface area (Å²) < 4.78 is 21.6. The van der Waals surface area contributed by atoms with Crippen molar-refractivity contribution in [3.05, 3.63) is 22.8 Å². The Morgan fingerprint density at radius 1 is 1.00 bits per heavy atom. The van der Waals surface area contributed by atoms with E-state index >= 15 is 0 Å². The predicted molar refractivity (Wildman–Crippen MR) is 70.9 cm³/mol. The minimum atomic E-state index is 0.474. The lowest BCUT2D eigenvalue weighted by molar-refractivity contribution is 0.0176. The molecular formula is C12H18BrNO4. The van der Waals surface area contributed by atoms with Crippen molar-refractivity contribution in [3.8, 4) is 5.88 Å². The molecule has 18 heavy (non-hydrogen) atoms. The highest BCUT2D eigenvalue weighted by molar-refractivity contribution is 9.10. The molecule has 0 radical (unpaired) electrons. The van der Waals surface area contributed by atoms with E-state index in [0.717, 1.165) is 4.60 Å². The molecule has 102 valence electrons. The van der Waals surface area contributed by atoms with E-state index < -0.39 is 0 Å². The summed E-state index contributed by atoms with van der Waals surface area (Å²) in [5.41, 5.74) is 0. The average Bonchev–Trinajstić information content (AvgIpc) is 2.37. The van der Waals surface area contributed by atoms with Crippen LogP contribution in [-0.2, 0) is 14.2 Å². The maximum atomic E-state index is 5.41. The summed E-state index contributed by atoms with van der Waals surface area (Å²) in [6.07, 6.45) is 0. The van der Waals surface area contributed by atoms with Crippen LogP contribution in [-0.4, -0.2) is 51.7 Å². The van der Waals surface area contributed by atoms with Gasteiger partial charge in [0, 0.05) is 13.2 Å². The van der Waals surface area contributed by atoms with Crippen molar-refractivity contribution in [2.45, 2.75) is 0 Å². The third kappa shape index (κ3) is 7.60. The number of pyridine rings is 1. The number of hydrogen-bond acceptors (Lipinski definition) is 5. The van der Waals surface area contributed by atoms with Gasteiger partial charge in [-0.15, -0.1) is 0 Å². The number of methoxy groups -OCH3 is 1. The lowest BCUT2D eigenvalue weighted by Gasteiger charge is -2.07. The first-order valence-electron chi connectivity index (χ1n) is 5.72. The molecule has 1 heterocycles. The standard InChI is InChI=1S/C12H18BrNO4/c1-15-5-6-16-7-8-17-9-10-18-12-4-2-3-11(13)14-12/h2-4H,5-10H2,1H3. The lowest BCUT2D eigenvalue weighted by atomic mass is 10.5. The summed E-state index contributed by atoms with van der Waals surface area (Å²) >= 11 is 3.28. The molecule has 0 saturated carbocycles. The van der Waals surface area contributed by atoms with Crippen LogP contribution >= 0.6 is 15.9 Å². The van der Waals surface area contributed by atoms with Gasteiger partial charge < -0.3 is 18.9 Å². The number of halogens is 1. The topological polar surface area (TPSA) is 49.8 Å². The molecule has 5 nitrogen and oxygen atoms in total. The first kappa shape index (κ1) is 15.4. The SMILES string of the molecule is COCCOCCOCCOc1cccc(Br)n1. The Morgan fingerprint density at radius 3 is 2.33 bits per heavy atom. The van der Waals surface area contributed by atoms with E-state index in [2.05, 4.69) is 20.9 Å². The minimum absolute atomic E-state index is 0.474. The number of rotatable bonds is 10. The van der Waals surface area contributed by atoms with Crippen molar-refractivity contribution in [3.63, 3.8) is 0 Å². The van der Waals surface area contributed by atoms with Crippen molar-refractivity contribution < 1.29 is 18.9 Å². The van der Waals surface area contributed by atoms with Gasteiger partial charge in [0.1, 0.15) is 11.2 Å². The highest BCUT2D eigenvalue weighted by Gasteiger charge is 1.96. The van der Waals surface area contributed by atoms with Crippen molar-refractivity contribution in [1.82, 2.24) is 4.98 Å². The average molecular weight is 320 g/mol. The molecule has 0 aromatic carbocycles. The zero-order valence-corrected chi connectivity index (χ0v) is 12.0. The van der Waals surface area contributed by atoms with Gasteiger partial charge in [0.15, 0.2) is 0 Å². The fourth-order valence-corrected chi connectivity index (χ4v) is 1.47. The first-order chi connectivity index (χ1) is 8.83. The number of hydrogen-bond donors (Lipinski definition) is 0. The number of nitrogens with zero attached hydrogens (tertiary/aromatic N) is 1. The summed E-state index contributed by atoms with van der Waals surface area (Å²) in [4.78, 5) is 4.14. The fraction of sp³-hybridized carbons (Fsp3) is 0.583. The summed E-state index contributed by atoms with van der Waals surface area (Å²) in [6.45, 7) is 3.32. The normalized spacial score (nSPS) is 10.6. The summed E-state index contributed by atoms with van der Waals surface area (Å²) in [6, 6.07) is 5.52. The molecule has 6 heteroatoms. The van der Waals surface area contributed by atoms with Gasteiger partial charge in [-0.05, 0) is 22.0 Å². The maximum Gasteiger partial charge on any atom is 0.214 e. The van der Waals surface area contributed by atoms with Crippen LogP contribution < -0.4 is 4.74 Å². The van der Waals surface area contributed by atoms with Crippen molar-refractivity contribution in [1.29, 1.82) is 0 Å². The highest BCUT2D eigenvalue weighted by atomic mass is 79.9. The van der Waals surface area contributed by atoms with E-state index in [-0.39, 0.29) is 0 Å². The Kier molecular flexibility index (Phi) is 8.75. The van der Waals surface area contributed by atoms with E-state index in [1.807, 2.05) is 12.1 Å². The molecule has 0 amide bonds. The van der Waals surface area contributed by atoms with Gasteiger partial charge in [-0.2, -0.15) is 0 Å². The first-order valence-corrected chi connectivity index (χ1v) is 6.52. The van der Waals surface area contributed by atoms with Gasteiger partial charge in [0.2, 0.25) is 5.88 Å². The molecule has 0 aliphatic rings. The zero-order chi connectivity index (χ0) is 13.1. The molecule has 0 aliphatic heterocycles. The molecule has 0 N–H and O–H groups in total.